The summed E-state index contributed by atoms with van der Waals surface area (Å²) in [6, 6.07) is 0. The van der Waals surface area contributed by atoms with E-state index in [9.17, 15) is 19.2 Å². The maximum Gasteiger partial charge on any atom is 0.369 e. The Balaban J connectivity index is 0. The van der Waals surface area contributed by atoms with E-state index in [1.54, 1.807) is 20.8 Å². The van der Waals surface area contributed by atoms with Crippen molar-refractivity contribution in [1.82, 2.24) is 0 Å². The molecule has 0 amide bonds. The number of hydrogen-bond acceptors (Lipinski definition) is 9. The average molecular weight is 336 g/mol. The molecule has 0 unspecified atom stereocenters. The van der Waals surface area contributed by atoms with Gasteiger partial charge in [0.15, 0.2) is 0 Å². The van der Waals surface area contributed by atoms with E-state index >= 15 is 0 Å². The molecule has 0 aromatic carbocycles. The Kier molecular flexibility index (Phi) is 11.6. The van der Waals surface area contributed by atoms with Gasteiger partial charge in [0, 0.05) is 24.3 Å². The van der Waals surface area contributed by atoms with Crippen LogP contribution in [0.3, 0.4) is 0 Å². The normalized spacial score (nSPS) is 10.8. The summed E-state index contributed by atoms with van der Waals surface area (Å²) >= 11 is 0. The van der Waals surface area contributed by atoms with E-state index in [4.69, 9.17) is 15.5 Å². The van der Waals surface area contributed by atoms with Gasteiger partial charge in [-0.15, -0.1) is 0 Å². The Morgan fingerprint density at radius 1 is 0.826 bits per heavy atom. The summed E-state index contributed by atoms with van der Waals surface area (Å²) < 4.78 is 0. The number of aliphatic carboxylic acids is 2. The molecule has 0 spiro atoms. The Morgan fingerprint density at radius 2 is 1.26 bits per heavy atom. The van der Waals surface area contributed by atoms with Gasteiger partial charge in [0.05, 0.1) is 5.60 Å². The number of rotatable bonds is 6. The fourth-order valence-electron chi connectivity index (χ4n) is 0.489. The Labute approximate surface area is 130 Å². The van der Waals surface area contributed by atoms with Gasteiger partial charge in [-0.3, -0.25) is 9.78 Å². The van der Waals surface area contributed by atoms with E-state index in [0.29, 0.717) is 24.3 Å². The molecule has 23 heavy (non-hydrogen) atoms. The zero-order valence-electron chi connectivity index (χ0n) is 12.4. The molecular formula is C12H16O11. The number of hydrogen-bond donors (Lipinski definition) is 3. The van der Waals surface area contributed by atoms with Crippen LogP contribution in [0.1, 0.15) is 20.8 Å². The molecule has 0 saturated carbocycles. The van der Waals surface area contributed by atoms with Crippen molar-refractivity contribution in [3.8, 4) is 0 Å². The van der Waals surface area contributed by atoms with Crippen LogP contribution in [0.2, 0.25) is 0 Å². The van der Waals surface area contributed by atoms with Gasteiger partial charge in [0.1, 0.15) is 0 Å². The summed E-state index contributed by atoms with van der Waals surface area (Å²) in [5.41, 5.74) is -0.614. The minimum absolute atomic E-state index is 0.554. The molecule has 0 aliphatic rings. The lowest BCUT2D eigenvalue weighted by Crippen LogP contribution is -2.20. The lowest BCUT2D eigenvalue weighted by Gasteiger charge is -2.14. The first-order chi connectivity index (χ1) is 10.5. The molecule has 3 N–H and O–H groups in total. The largest absolute Gasteiger partial charge is 0.478 e. The van der Waals surface area contributed by atoms with Crippen molar-refractivity contribution < 1.29 is 54.3 Å². The van der Waals surface area contributed by atoms with Crippen molar-refractivity contribution in [3.63, 3.8) is 0 Å². The maximum absolute atomic E-state index is 10.7. The molecule has 0 aromatic heterocycles. The van der Waals surface area contributed by atoms with Gasteiger partial charge in [-0.1, -0.05) is 0 Å². The summed E-state index contributed by atoms with van der Waals surface area (Å²) in [4.78, 5) is 51.9. The second-order valence-electron chi connectivity index (χ2n) is 4.42. The fourth-order valence-corrected chi connectivity index (χ4v) is 0.489. The van der Waals surface area contributed by atoms with Crippen LogP contribution in [0.4, 0.5) is 0 Å². The molecule has 0 atom stereocenters. The minimum Gasteiger partial charge on any atom is -0.478 e. The zero-order valence-corrected chi connectivity index (χ0v) is 12.4. The van der Waals surface area contributed by atoms with Crippen molar-refractivity contribution >= 4 is 23.9 Å². The maximum atomic E-state index is 10.7. The van der Waals surface area contributed by atoms with Crippen LogP contribution in [0.5, 0.6) is 0 Å². The molecule has 0 aliphatic carbocycles. The first kappa shape index (κ1) is 22.5. The smallest absolute Gasteiger partial charge is 0.369 e. The molecule has 0 bridgehead atoms. The third kappa shape index (κ3) is 21.7. The van der Waals surface area contributed by atoms with Crippen molar-refractivity contribution in [1.29, 1.82) is 0 Å². The van der Waals surface area contributed by atoms with Crippen LogP contribution in [0.25, 0.3) is 0 Å². The predicted octanol–water partition coefficient (Wildman–Crippen LogP) is 0.475. The van der Waals surface area contributed by atoms with Crippen LogP contribution >= 0.6 is 0 Å². The SMILES string of the molecule is CC(C)(C)OOOC(=O)C=CC(=O)O.O=C(O)C=CC(=O)OO. The second kappa shape index (κ2) is 11.9. The molecule has 0 rings (SSSR count). The van der Waals surface area contributed by atoms with Gasteiger partial charge in [0.25, 0.3) is 0 Å². The van der Waals surface area contributed by atoms with E-state index < -0.39 is 29.5 Å². The third-order valence-corrected chi connectivity index (χ3v) is 1.21. The number of carbonyl (C=O) groups is 4. The summed E-state index contributed by atoms with van der Waals surface area (Å²) in [5, 5.41) is 27.7. The number of carboxylic acid groups (broad SMARTS) is 2. The monoisotopic (exact) mass is 336 g/mol. The first-order valence-electron chi connectivity index (χ1n) is 5.71. The highest BCUT2D eigenvalue weighted by Gasteiger charge is 2.13. The van der Waals surface area contributed by atoms with Gasteiger partial charge in [-0.25, -0.2) is 19.2 Å². The molecule has 0 heterocycles. The molecular weight excluding hydrogens is 320 g/mol. The molecule has 0 aliphatic heterocycles. The Bertz CT molecular complexity index is 470. The van der Waals surface area contributed by atoms with E-state index in [2.05, 4.69) is 19.7 Å². The summed E-state index contributed by atoms with van der Waals surface area (Å²) in [6.45, 7) is 5.07. The second-order valence-corrected chi connectivity index (χ2v) is 4.42. The number of carbonyl (C=O) groups excluding carboxylic acids is 2. The van der Waals surface area contributed by atoms with E-state index in [1.807, 2.05) is 0 Å². The van der Waals surface area contributed by atoms with E-state index in [-0.39, 0.29) is 0 Å². The lowest BCUT2D eigenvalue weighted by atomic mass is 10.2. The van der Waals surface area contributed by atoms with Gasteiger partial charge in [-0.2, -0.15) is 10.1 Å². The van der Waals surface area contributed by atoms with Gasteiger partial charge in [0.2, 0.25) is 0 Å². The predicted molar refractivity (Wildman–Crippen MR) is 70.3 cm³/mol. The summed E-state index contributed by atoms with van der Waals surface area (Å²) in [7, 11) is 0. The van der Waals surface area contributed by atoms with Gasteiger partial charge >= 0.3 is 23.9 Å². The van der Waals surface area contributed by atoms with Crippen LogP contribution in [0, 0.1) is 0 Å². The van der Waals surface area contributed by atoms with Crippen LogP contribution in [0.15, 0.2) is 24.3 Å². The minimum atomic E-state index is -1.28. The average Bonchev–Trinajstić information content (AvgIpc) is 2.41. The fraction of sp³-hybridized carbons (Fsp3) is 0.333. The molecule has 11 nitrogen and oxygen atoms in total. The topological polar surface area (TPSA) is 166 Å². The summed E-state index contributed by atoms with van der Waals surface area (Å²) in [5.74, 6) is -4.60. The molecule has 0 saturated heterocycles. The van der Waals surface area contributed by atoms with Crippen molar-refractivity contribution in [2.45, 2.75) is 26.4 Å². The van der Waals surface area contributed by atoms with Crippen LogP contribution < -0.4 is 0 Å². The summed E-state index contributed by atoms with van der Waals surface area (Å²) in [6.07, 6.45) is 2.47. The Morgan fingerprint density at radius 3 is 1.61 bits per heavy atom. The highest BCUT2D eigenvalue weighted by atomic mass is 17.5. The van der Waals surface area contributed by atoms with Crippen molar-refractivity contribution in [3.05, 3.63) is 24.3 Å². The van der Waals surface area contributed by atoms with Crippen molar-refractivity contribution in [2.75, 3.05) is 0 Å². The zero-order chi connectivity index (χ0) is 18.5. The Hall–Kier alpha value is -2.76. The van der Waals surface area contributed by atoms with Crippen LogP contribution in [-0.2, 0) is 38.9 Å². The van der Waals surface area contributed by atoms with Gasteiger partial charge in [-0.05, 0) is 25.8 Å². The third-order valence-electron chi connectivity index (χ3n) is 1.21. The quantitative estimate of drug-likeness (QED) is 0.350. The van der Waals surface area contributed by atoms with Crippen molar-refractivity contribution in [2.24, 2.45) is 0 Å². The molecule has 11 heteroatoms. The van der Waals surface area contributed by atoms with E-state index in [1.165, 1.54) is 0 Å². The van der Waals surface area contributed by atoms with Crippen LogP contribution in [-0.4, -0.2) is 44.9 Å². The first-order valence-corrected chi connectivity index (χ1v) is 5.71. The standard InChI is InChI=1S/C8H12O6.C4H4O5/c1-8(2,3)13-14-12-7(11)5-4-6(9)10;5-3(6)1-2-4(7)9-8/h4-5H,1-3H3,(H,9,10);1-2,8H,(H,5,6). The molecule has 0 aromatic rings. The molecule has 130 valence electrons. The molecule has 0 fully saturated rings. The lowest BCUT2D eigenvalue weighted by molar-refractivity contribution is -0.513. The highest BCUT2D eigenvalue weighted by Crippen LogP contribution is 2.07. The number of carboxylic acids is 2. The van der Waals surface area contributed by atoms with Gasteiger partial charge < -0.3 is 10.2 Å². The highest BCUT2D eigenvalue weighted by molar-refractivity contribution is 5.90. The molecule has 0 radical (unpaired) electrons. The van der Waals surface area contributed by atoms with E-state index in [0.717, 1.165) is 0 Å².